The Kier molecular flexibility index (Phi) is 4.40. The second-order valence-electron chi connectivity index (χ2n) is 4.85. The highest BCUT2D eigenvalue weighted by atomic mass is 79.9. The van der Waals surface area contributed by atoms with E-state index in [1.807, 2.05) is 7.05 Å². The summed E-state index contributed by atoms with van der Waals surface area (Å²) >= 11 is 3.30. The molecule has 1 heterocycles. The lowest BCUT2D eigenvalue weighted by Gasteiger charge is -2.19. The molecule has 0 aliphatic rings. The van der Waals surface area contributed by atoms with E-state index in [0.717, 1.165) is 0 Å². The fourth-order valence-corrected chi connectivity index (χ4v) is 3.77. The molecular weight excluding hydrogens is 356 g/mol. The quantitative estimate of drug-likeness (QED) is 0.830. The van der Waals surface area contributed by atoms with Crippen LogP contribution in [-0.2, 0) is 23.6 Å². The molecule has 0 saturated carbocycles. The fraction of sp³-hybridized carbons (Fsp3) is 0.308. The smallest absolute Gasteiger partial charge is 0.243 e. The first-order chi connectivity index (χ1) is 9.73. The van der Waals surface area contributed by atoms with E-state index in [1.54, 1.807) is 30.0 Å². The highest BCUT2D eigenvalue weighted by Crippen LogP contribution is 2.28. The normalized spacial score (nSPS) is 12.0. The molecule has 6 nitrogen and oxygen atoms in total. The van der Waals surface area contributed by atoms with Crippen LogP contribution in [0.15, 0.2) is 33.9 Å². The largest absolute Gasteiger partial charge is 0.398 e. The maximum Gasteiger partial charge on any atom is 0.243 e. The zero-order chi connectivity index (χ0) is 15.8. The van der Waals surface area contributed by atoms with E-state index in [4.69, 9.17) is 5.73 Å². The predicted octanol–water partition coefficient (Wildman–Crippen LogP) is 1.89. The standard InChI is InChI=1S/C13H17BrN4O2S/c1-9-6-10(14)11(15)7-12(9)21(19,20)18(3)8-13-16-4-5-17(13)2/h4-7H,8,15H2,1-3H3. The number of rotatable bonds is 4. The van der Waals surface area contributed by atoms with Crippen LogP contribution in [0.1, 0.15) is 11.4 Å². The van der Waals surface area contributed by atoms with Crippen molar-refractivity contribution in [3.63, 3.8) is 0 Å². The minimum absolute atomic E-state index is 0.196. The molecule has 8 heteroatoms. The van der Waals surface area contributed by atoms with Crippen LogP contribution in [0, 0.1) is 6.92 Å². The van der Waals surface area contributed by atoms with E-state index >= 15 is 0 Å². The van der Waals surface area contributed by atoms with Gasteiger partial charge in [0.1, 0.15) is 5.82 Å². The molecule has 2 N–H and O–H groups in total. The average Bonchev–Trinajstić information content (AvgIpc) is 2.79. The monoisotopic (exact) mass is 372 g/mol. The number of halogens is 1. The SMILES string of the molecule is Cc1cc(Br)c(N)cc1S(=O)(=O)N(C)Cc1nccn1C. The van der Waals surface area contributed by atoms with Crippen LogP contribution in [0.2, 0.25) is 0 Å². The van der Waals surface area contributed by atoms with Gasteiger partial charge in [-0.05, 0) is 40.5 Å². The Balaban J connectivity index is 2.38. The van der Waals surface area contributed by atoms with Gasteiger partial charge < -0.3 is 10.3 Å². The molecule has 0 unspecified atom stereocenters. The lowest BCUT2D eigenvalue weighted by atomic mass is 10.2. The number of nitrogen functional groups attached to an aromatic ring is 1. The minimum Gasteiger partial charge on any atom is -0.398 e. The van der Waals surface area contributed by atoms with E-state index in [9.17, 15) is 8.42 Å². The van der Waals surface area contributed by atoms with Crippen molar-refractivity contribution in [1.29, 1.82) is 0 Å². The number of imidazole rings is 1. The van der Waals surface area contributed by atoms with Crippen LogP contribution in [0.4, 0.5) is 5.69 Å². The van der Waals surface area contributed by atoms with Crippen molar-refractivity contribution < 1.29 is 8.42 Å². The molecule has 0 aliphatic carbocycles. The zero-order valence-electron chi connectivity index (χ0n) is 12.0. The Bertz CT molecular complexity index is 770. The molecule has 0 atom stereocenters. The molecule has 0 spiro atoms. The van der Waals surface area contributed by atoms with Crippen LogP contribution in [0.5, 0.6) is 0 Å². The van der Waals surface area contributed by atoms with E-state index in [1.165, 1.54) is 17.4 Å². The third-order valence-corrected chi connectivity index (χ3v) is 5.90. The van der Waals surface area contributed by atoms with Gasteiger partial charge in [0.25, 0.3) is 0 Å². The summed E-state index contributed by atoms with van der Waals surface area (Å²) in [5, 5.41) is 0. The minimum atomic E-state index is -3.62. The second-order valence-corrected chi connectivity index (χ2v) is 7.72. The number of hydrogen-bond acceptors (Lipinski definition) is 4. The maximum atomic E-state index is 12.7. The van der Waals surface area contributed by atoms with Gasteiger partial charge in [0.15, 0.2) is 0 Å². The summed E-state index contributed by atoms with van der Waals surface area (Å²) in [6.45, 7) is 1.94. The molecule has 114 valence electrons. The van der Waals surface area contributed by atoms with Gasteiger partial charge in [-0.2, -0.15) is 4.31 Å². The van der Waals surface area contributed by atoms with Gasteiger partial charge in [0, 0.05) is 36.6 Å². The molecular formula is C13H17BrN4O2S. The van der Waals surface area contributed by atoms with Gasteiger partial charge >= 0.3 is 0 Å². The zero-order valence-corrected chi connectivity index (χ0v) is 14.4. The van der Waals surface area contributed by atoms with Crippen LogP contribution >= 0.6 is 15.9 Å². The Labute approximate surface area is 132 Å². The molecule has 1 aromatic carbocycles. The number of aromatic nitrogens is 2. The summed E-state index contributed by atoms with van der Waals surface area (Å²) < 4.78 is 29.1. The van der Waals surface area contributed by atoms with Crippen molar-refractivity contribution in [2.24, 2.45) is 7.05 Å². The maximum absolute atomic E-state index is 12.7. The fourth-order valence-electron chi connectivity index (χ4n) is 1.95. The molecule has 0 radical (unpaired) electrons. The Morgan fingerprint density at radius 1 is 1.43 bits per heavy atom. The van der Waals surface area contributed by atoms with Crippen LogP contribution < -0.4 is 5.73 Å². The molecule has 0 aliphatic heterocycles. The Morgan fingerprint density at radius 3 is 2.67 bits per heavy atom. The topological polar surface area (TPSA) is 81.2 Å². The highest BCUT2D eigenvalue weighted by molar-refractivity contribution is 9.10. The molecule has 21 heavy (non-hydrogen) atoms. The average molecular weight is 373 g/mol. The summed E-state index contributed by atoms with van der Waals surface area (Å²) in [6.07, 6.45) is 3.41. The highest BCUT2D eigenvalue weighted by Gasteiger charge is 2.24. The van der Waals surface area contributed by atoms with Crippen molar-refractivity contribution in [2.75, 3.05) is 12.8 Å². The van der Waals surface area contributed by atoms with Gasteiger partial charge in [-0.25, -0.2) is 13.4 Å². The summed E-state index contributed by atoms with van der Waals surface area (Å²) in [4.78, 5) is 4.35. The first-order valence-electron chi connectivity index (χ1n) is 6.21. The summed E-state index contributed by atoms with van der Waals surface area (Å²) in [5.74, 6) is 0.670. The molecule has 0 amide bonds. The van der Waals surface area contributed by atoms with Crippen LogP contribution in [-0.4, -0.2) is 29.3 Å². The molecule has 2 aromatic rings. The van der Waals surface area contributed by atoms with Crippen molar-refractivity contribution >= 4 is 31.6 Å². The number of benzene rings is 1. The number of sulfonamides is 1. The number of nitrogens with two attached hydrogens (primary N) is 1. The third kappa shape index (κ3) is 3.12. The summed E-state index contributed by atoms with van der Waals surface area (Å²) in [6, 6.07) is 3.18. The van der Waals surface area contributed by atoms with Crippen LogP contribution in [0.3, 0.4) is 0 Å². The lowest BCUT2D eigenvalue weighted by Crippen LogP contribution is -2.28. The molecule has 0 fully saturated rings. The third-order valence-electron chi connectivity index (χ3n) is 3.27. The molecule has 0 saturated heterocycles. The summed E-state index contributed by atoms with van der Waals surface area (Å²) in [5.41, 5.74) is 6.83. The van der Waals surface area contributed by atoms with E-state index in [0.29, 0.717) is 21.5 Å². The summed E-state index contributed by atoms with van der Waals surface area (Å²) in [7, 11) is -0.268. The lowest BCUT2D eigenvalue weighted by molar-refractivity contribution is 0.451. The number of hydrogen-bond donors (Lipinski definition) is 1. The van der Waals surface area contributed by atoms with Gasteiger partial charge in [0.05, 0.1) is 11.4 Å². The Hall–Kier alpha value is -1.38. The first kappa shape index (κ1) is 16.0. The second kappa shape index (κ2) is 5.78. The van der Waals surface area contributed by atoms with Gasteiger partial charge in [-0.3, -0.25) is 0 Å². The predicted molar refractivity (Wildman–Crippen MR) is 85.2 cm³/mol. The van der Waals surface area contributed by atoms with Gasteiger partial charge in [-0.1, -0.05) is 0 Å². The molecule has 2 rings (SSSR count). The Morgan fingerprint density at radius 2 is 2.10 bits per heavy atom. The van der Waals surface area contributed by atoms with Crippen molar-refractivity contribution in [2.45, 2.75) is 18.4 Å². The van der Waals surface area contributed by atoms with E-state index < -0.39 is 10.0 Å². The molecule has 0 bridgehead atoms. The number of anilines is 1. The van der Waals surface area contributed by atoms with Crippen molar-refractivity contribution in [1.82, 2.24) is 13.9 Å². The van der Waals surface area contributed by atoms with Crippen molar-refractivity contribution in [3.8, 4) is 0 Å². The van der Waals surface area contributed by atoms with E-state index in [-0.39, 0.29) is 11.4 Å². The number of nitrogens with zero attached hydrogens (tertiary/aromatic N) is 3. The number of aryl methyl sites for hydroxylation is 2. The van der Waals surface area contributed by atoms with Gasteiger partial charge in [0.2, 0.25) is 10.0 Å². The molecule has 1 aromatic heterocycles. The van der Waals surface area contributed by atoms with Gasteiger partial charge in [-0.15, -0.1) is 0 Å². The van der Waals surface area contributed by atoms with E-state index in [2.05, 4.69) is 20.9 Å². The first-order valence-corrected chi connectivity index (χ1v) is 8.45. The van der Waals surface area contributed by atoms with Crippen molar-refractivity contribution in [3.05, 3.63) is 40.4 Å². The van der Waals surface area contributed by atoms with Crippen LogP contribution in [0.25, 0.3) is 0 Å².